The van der Waals surface area contributed by atoms with Crippen LogP contribution in [0.3, 0.4) is 0 Å². The predicted molar refractivity (Wildman–Crippen MR) is 86.2 cm³/mol. The summed E-state index contributed by atoms with van der Waals surface area (Å²) < 4.78 is 5.55. The molecule has 0 unspecified atom stereocenters. The summed E-state index contributed by atoms with van der Waals surface area (Å²) >= 11 is 5.73. The van der Waals surface area contributed by atoms with E-state index in [-0.39, 0.29) is 12.0 Å². The molecule has 1 amide bonds. The van der Waals surface area contributed by atoms with Gasteiger partial charge in [0.1, 0.15) is 5.75 Å². The Morgan fingerprint density at radius 2 is 1.71 bits per heavy atom. The summed E-state index contributed by atoms with van der Waals surface area (Å²) in [6.45, 7) is 3.93. The van der Waals surface area contributed by atoms with Crippen molar-refractivity contribution in [2.45, 2.75) is 25.8 Å². The summed E-state index contributed by atoms with van der Waals surface area (Å²) in [4.78, 5) is 12.1. The lowest BCUT2D eigenvalue weighted by molar-refractivity contribution is 0.102. The van der Waals surface area contributed by atoms with Gasteiger partial charge < -0.3 is 10.1 Å². The number of halogens is 1. The number of amides is 1. The van der Waals surface area contributed by atoms with E-state index in [4.69, 9.17) is 16.3 Å². The molecule has 1 N–H and O–H groups in total. The highest BCUT2D eigenvalue weighted by atomic mass is 35.5. The van der Waals surface area contributed by atoms with Crippen LogP contribution in [0.15, 0.2) is 48.5 Å². The second kappa shape index (κ2) is 7.14. The molecule has 0 bridgehead atoms. The Balaban J connectivity index is 2.02. The second-order valence-electron chi connectivity index (χ2n) is 4.98. The van der Waals surface area contributed by atoms with E-state index < -0.39 is 0 Å². The average Bonchev–Trinajstić information content (AvgIpc) is 2.48. The zero-order chi connectivity index (χ0) is 15.2. The molecule has 0 aromatic heterocycles. The molecule has 0 radical (unpaired) electrons. The first-order valence-electron chi connectivity index (χ1n) is 6.81. The van der Waals surface area contributed by atoms with Gasteiger partial charge in [-0.25, -0.2) is 0 Å². The van der Waals surface area contributed by atoms with Gasteiger partial charge in [0, 0.05) is 17.1 Å². The van der Waals surface area contributed by atoms with Crippen molar-refractivity contribution in [2.75, 3.05) is 5.32 Å². The lowest BCUT2D eigenvalue weighted by atomic mass is 10.2. The number of benzene rings is 2. The molecule has 0 saturated carbocycles. The van der Waals surface area contributed by atoms with Gasteiger partial charge in [-0.3, -0.25) is 4.79 Å². The van der Waals surface area contributed by atoms with Crippen LogP contribution in [0.5, 0.6) is 5.75 Å². The maximum Gasteiger partial charge on any atom is 0.255 e. The Bertz CT molecular complexity index is 591. The second-order valence-corrected chi connectivity index (χ2v) is 5.24. The fraction of sp³-hybridized carbons (Fsp3) is 0.235. The zero-order valence-electron chi connectivity index (χ0n) is 12.1. The summed E-state index contributed by atoms with van der Waals surface area (Å²) in [5.74, 6) is 1.07. The van der Waals surface area contributed by atoms with Crippen molar-refractivity contribution < 1.29 is 9.53 Å². The van der Waals surface area contributed by atoms with Gasteiger partial charge in [0.05, 0.1) is 6.10 Å². The Kier molecular flexibility index (Phi) is 5.23. The highest BCUT2D eigenvalue weighted by Gasteiger charge is 2.06. The molecule has 2 aromatic carbocycles. The van der Waals surface area contributed by atoms with E-state index >= 15 is 0 Å². The third-order valence-corrected chi connectivity index (χ3v) is 3.16. The topological polar surface area (TPSA) is 38.3 Å². The molecule has 0 spiro atoms. The number of rotatable bonds is 5. The van der Waals surface area contributed by atoms with Crippen LogP contribution in [0, 0.1) is 0 Å². The van der Waals surface area contributed by atoms with Gasteiger partial charge in [-0.2, -0.15) is 0 Å². The van der Waals surface area contributed by atoms with Crippen LogP contribution in [0.25, 0.3) is 0 Å². The van der Waals surface area contributed by atoms with Crippen LogP contribution in [0.1, 0.15) is 29.8 Å². The molecular weight excluding hydrogens is 286 g/mol. The Morgan fingerprint density at radius 1 is 1.10 bits per heavy atom. The molecule has 0 fully saturated rings. The van der Waals surface area contributed by atoms with Gasteiger partial charge in [-0.05, 0) is 55.8 Å². The maximum absolute atomic E-state index is 12.1. The van der Waals surface area contributed by atoms with E-state index in [0.29, 0.717) is 11.4 Å². The van der Waals surface area contributed by atoms with Gasteiger partial charge in [0.2, 0.25) is 0 Å². The van der Waals surface area contributed by atoms with Crippen LogP contribution >= 0.6 is 11.6 Å². The largest absolute Gasteiger partial charge is 0.491 e. The molecule has 2 rings (SSSR count). The lowest BCUT2D eigenvalue weighted by Gasteiger charge is -2.10. The third-order valence-electron chi connectivity index (χ3n) is 2.85. The third kappa shape index (κ3) is 4.50. The van der Waals surface area contributed by atoms with E-state index in [1.54, 1.807) is 24.3 Å². The highest BCUT2D eigenvalue weighted by Crippen LogP contribution is 2.16. The SMILES string of the molecule is CC(C)Oc1ccc(C(=O)Nc2ccc(CCl)cc2)cc1. The molecule has 0 aliphatic carbocycles. The number of hydrogen-bond donors (Lipinski definition) is 1. The predicted octanol–water partition coefficient (Wildman–Crippen LogP) is 4.46. The minimum atomic E-state index is -0.148. The van der Waals surface area contributed by atoms with Crippen LogP contribution in [0.4, 0.5) is 5.69 Å². The average molecular weight is 304 g/mol. The fourth-order valence-electron chi connectivity index (χ4n) is 1.84. The Labute approximate surface area is 129 Å². The van der Waals surface area contributed by atoms with E-state index in [9.17, 15) is 4.79 Å². The molecule has 21 heavy (non-hydrogen) atoms. The van der Waals surface area contributed by atoms with E-state index in [2.05, 4.69) is 5.32 Å². The van der Waals surface area contributed by atoms with Crippen molar-refractivity contribution in [2.24, 2.45) is 0 Å². The van der Waals surface area contributed by atoms with Gasteiger partial charge >= 0.3 is 0 Å². The van der Waals surface area contributed by atoms with E-state index in [1.165, 1.54) is 0 Å². The molecule has 110 valence electrons. The molecular formula is C17H18ClNO2. The molecule has 2 aromatic rings. The highest BCUT2D eigenvalue weighted by molar-refractivity contribution is 6.17. The minimum Gasteiger partial charge on any atom is -0.491 e. The number of carbonyl (C=O) groups excluding carboxylic acids is 1. The summed E-state index contributed by atoms with van der Waals surface area (Å²) in [5, 5.41) is 2.85. The fourth-order valence-corrected chi connectivity index (χ4v) is 2.02. The van der Waals surface area contributed by atoms with Crippen molar-refractivity contribution >= 4 is 23.2 Å². The molecule has 4 heteroatoms. The van der Waals surface area contributed by atoms with Crippen molar-refractivity contribution in [1.82, 2.24) is 0 Å². The number of ether oxygens (including phenoxy) is 1. The quantitative estimate of drug-likeness (QED) is 0.828. The monoisotopic (exact) mass is 303 g/mol. The standard InChI is InChI=1S/C17H18ClNO2/c1-12(2)21-16-9-5-14(6-10-16)17(20)19-15-7-3-13(11-18)4-8-15/h3-10,12H,11H2,1-2H3,(H,19,20). The first kappa shape index (κ1) is 15.4. The Hall–Kier alpha value is -2.00. The normalized spacial score (nSPS) is 10.5. The van der Waals surface area contributed by atoms with Crippen LogP contribution < -0.4 is 10.1 Å². The minimum absolute atomic E-state index is 0.116. The molecule has 0 saturated heterocycles. The van der Waals surface area contributed by atoms with Crippen molar-refractivity contribution in [1.29, 1.82) is 0 Å². The van der Waals surface area contributed by atoms with Crippen molar-refractivity contribution in [3.8, 4) is 5.75 Å². The van der Waals surface area contributed by atoms with E-state index in [0.717, 1.165) is 17.0 Å². The number of hydrogen-bond acceptors (Lipinski definition) is 2. The summed E-state index contributed by atoms with van der Waals surface area (Å²) in [5.41, 5.74) is 2.36. The van der Waals surface area contributed by atoms with Gasteiger partial charge in [-0.1, -0.05) is 12.1 Å². The molecule has 3 nitrogen and oxygen atoms in total. The first-order valence-corrected chi connectivity index (χ1v) is 7.35. The molecule has 0 aliphatic heterocycles. The number of alkyl halides is 1. The zero-order valence-corrected chi connectivity index (χ0v) is 12.9. The van der Waals surface area contributed by atoms with Crippen molar-refractivity contribution in [3.63, 3.8) is 0 Å². The molecule has 0 atom stereocenters. The summed E-state index contributed by atoms with van der Waals surface area (Å²) in [7, 11) is 0. The summed E-state index contributed by atoms with van der Waals surface area (Å²) in [6.07, 6.45) is 0.116. The van der Waals surface area contributed by atoms with Gasteiger partial charge in [0.25, 0.3) is 5.91 Å². The van der Waals surface area contributed by atoms with Gasteiger partial charge in [0.15, 0.2) is 0 Å². The molecule has 0 aliphatic rings. The Morgan fingerprint density at radius 3 is 2.24 bits per heavy atom. The number of nitrogens with one attached hydrogen (secondary N) is 1. The summed E-state index contributed by atoms with van der Waals surface area (Å²) in [6, 6.07) is 14.6. The molecule has 0 heterocycles. The van der Waals surface area contributed by atoms with Crippen LogP contribution in [-0.4, -0.2) is 12.0 Å². The van der Waals surface area contributed by atoms with Gasteiger partial charge in [-0.15, -0.1) is 11.6 Å². The van der Waals surface area contributed by atoms with Crippen LogP contribution in [-0.2, 0) is 5.88 Å². The number of carbonyl (C=O) groups is 1. The first-order chi connectivity index (χ1) is 10.1. The van der Waals surface area contributed by atoms with E-state index in [1.807, 2.05) is 38.1 Å². The van der Waals surface area contributed by atoms with Crippen molar-refractivity contribution in [3.05, 3.63) is 59.7 Å². The number of anilines is 1. The van der Waals surface area contributed by atoms with Crippen LogP contribution in [0.2, 0.25) is 0 Å². The maximum atomic E-state index is 12.1. The lowest BCUT2D eigenvalue weighted by Crippen LogP contribution is -2.12. The smallest absolute Gasteiger partial charge is 0.255 e.